The van der Waals surface area contributed by atoms with E-state index in [4.69, 9.17) is 4.74 Å². The van der Waals surface area contributed by atoms with Crippen LogP contribution < -0.4 is 4.74 Å². The van der Waals surface area contributed by atoms with E-state index in [1.807, 2.05) is 55.5 Å². The molecule has 0 bridgehead atoms. The molecule has 3 aromatic rings. The van der Waals surface area contributed by atoms with Gasteiger partial charge in [-0.25, -0.2) is 13.4 Å². The number of rotatable bonds is 5. The first-order chi connectivity index (χ1) is 12.5. The highest BCUT2D eigenvalue weighted by Gasteiger charge is 2.36. The highest BCUT2D eigenvalue weighted by atomic mass is 32.2. The Hall–Kier alpha value is -2.22. The van der Waals surface area contributed by atoms with Crippen molar-refractivity contribution in [1.82, 2.24) is 9.29 Å². The minimum absolute atomic E-state index is 0.155. The van der Waals surface area contributed by atoms with E-state index in [1.165, 1.54) is 21.1 Å². The van der Waals surface area contributed by atoms with Gasteiger partial charge in [-0.2, -0.15) is 4.31 Å². The van der Waals surface area contributed by atoms with Gasteiger partial charge < -0.3 is 4.74 Å². The largest absolute Gasteiger partial charge is 0.464 e. The Morgan fingerprint density at radius 2 is 1.88 bits per heavy atom. The lowest BCUT2D eigenvalue weighted by Crippen LogP contribution is -2.55. The number of thiazole rings is 1. The van der Waals surface area contributed by atoms with Crippen LogP contribution in [-0.2, 0) is 10.0 Å². The van der Waals surface area contributed by atoms with Crippen LogP contribution in [0.1, 0.15) is 11.1 Å². The average molecular weight is 386 g/mol. The second kappa shape index (κ2) is 6.83. The summed E-state index contributed by atoms with van der Waals surface area (Å²) in [5, 5.41) is 1.84. The quantitative estimate of drug-likeness (QED) is 0.671. The van der Waals surface area contributed by atoms with Crippen molar-refractivity contribution in [3.63, 3.8) is 0 Å². The summed E-state index contributed by atoms with van der Waals surface area (Å²) in [4.78, 5) is 4.42. The number of para-hydroxylation sites is 1. The van der Waals surface area contributed by atoms with Gasteiger partial charge in [-0.05, 0) is 30.7 Å². The summed E-state index contributed by atoms with van der Waals surface area (Å²) in [6.45, 7) is 2.68. The van der Waals surface area contributed by atoms with Crippen molar-refractivity contribution >= 4 is 37.7 Å². The highest BCUT2D eigenvalue weighted by molar-refractivity contribution is 7.92. The molecule has 1 fully saturated rings. The summed E-state index contributed by atoms with van der Waals surface area (Å²) in [5.74, 6) is 0. The van der Waals surface area contributed by atoms with E-state index in [-0.39, 0.29) is 6.10 Å². The topological polar surface area (TPSA) is 59.5 Å². The van der Waals surface area contributed by atoms with Crippen molar-refractivity contribution in [1.29, 1.82) is 0 Å². The lowest BCUT2D eigenvalue weighted by Gasteiger charge is -2.36. The number of sulfonamides is 1. The average Bonchev–Trinajstić information content (AvgIpc) is 3.00. The van der Waals surface area contributed by atoms with Crippen molar-refractivity contribution in [3.8, 4) is 5.19 Å². The molecule has 1 aliphatic rings. The molecule has 0 radical (unpaired) electrons. The maximum atomic E-state index is 12.4. The zero-order chi connectivity index (χ0) is 18.1. The molecule has 0 saturated carbocycles. The van der Waals surface area contributed by atoms with Gasteiger partial charge in [0.25, 0.3) is 5.19 Å². The molecule has 2 heterocycles. The molecule has 7 heteroatoms. The van der Waals surface area contributed by atoms with Crippen molar-refractivity contribution in [2.24, 2.45) is 0 Å². The zero-order valence-electron chi connectivity index (χ0n) is 14.2. The number of aryl methyl sites for hydroxylation is 1. The minimum Gasteiger partial charge on any atom is -0.464 e. The van der Waals surface area contributed by atoms with E-state index in [0.29, 0.717) is 18.3 Å². The molecule has 0 amide bonds. The number of nitrogens with zero attached hydrogens (tertiary/aromatic N) is 2. The van der Waals surface area contributed by atoms with E-state index in [9.17, 15) is 8.42 Å². The molecule has 1 saturated heterocycles. The van der Waals surface area contributed by atoms with Crippen LogP contribution in [0.3, 0.4) is 0 Å². The zero-order valence-corrected chi connectivity index (χ0v) is 15.8. The molecule has 5 nitrogen and oxygen atoms in total. The lowest BCUT2D eigenvalue weighted by atomic mass is 10.2. The highest BCUT2D eigenvalue weighted by Crippen LogP contribution is 2.30. The van der Waals surface area contributed by atoms with Gasteiger partial charge in [0.15, 0.2) is 0 Å². The standard InChI is InChI=1S/C19H18N2O3S2/c1-14-6-8-15(9-7-14)10-11-26(22,23)21-12-16(13-21)24-19-20-17-4-2-3-5-18(17)25-19/h2-11,16H,12-13H2,1H3/b11-10+. The fourth-order valence-electron chi connectivity index (χ4n) is 2.66. The Morgan fingerprint density at radius 1 is 1.15 bits per heavy atom. The molecule has 0 atom stereocenters. The molecule has 0 aliphatic carbocycles. The van der Waals surface area contributed by atoms with Crippen molar-refractivity contribution in [3.05, 3.63) is 65.1 Å². The number of aromatic nitrogens is 1. The van der Waals surface area contributed by atoms with Gasteiger partial charge >= 0.3 is 0 Å². The normalized spacial score (nSPS) is 16.2. The van der Waals surface area contributed by atoms with E-state index < -0.39 is 10.0 Å². The van der Waals surface area contributed by atoms with Crippen LogP contribution in [0.25, 0.3) is 16.3 Å². The molecule has 1 aromatic heterocycles. The fraction of sp³-hybridized carbons (Fsp3) is 0.211. The summed E-state index contributed by atoms with van der Waals surface area (Å²) in [7, 11) is -3.43. The predicted molar refractivity (Wildman–Crippen MR) is 105 cm³/mol. The van der Waals surface area contributed by atoms with Crippen molar-refractivity contribution < 1.29 is 13.2 Å². The molecule has 134 valence electrons. The van der Waals surface area contributed by atoms with Crippen LogP contribution in [-0.4, -0.2) is 36.9 Å². The van der Waals surface area contributed by atoms with Gasteiger partial charge in [0.1, 0.15) is 6.10 Å². The second-order valence-corrected chi connectivity index (χ2v) is 9.07. The second-order valence-electron chi connectivity index (χ2n) is 6.26. The Balaban J connectivity index is 1.36. The van der Waals surface area contributed by atoms with Gasteiger partial charge in [0, 0.05) is 5.41 Å². The SMILES string of the molecule is Cc1ccc(/C=C/S(=O)(=O)N2CC(Oc3nc4ccccc4s3)C2)cc1. The van der Waals surface area contributed by atoms with Crippen molar-refractivity contribution in [2.45, 2.75) is 13.0 Å². The molecule has 2 aromatic carbocycles. The monoisotopic (exact) mass is 386 g/mol. The number of hydrogen-bond acceptors (Lipinski definition) is 5. The van der Waals surface area contributed by atoms with Crippen LogP contribution in [0.5, 0.6) is 5.19 Å². The van der Waals surface area contributed by atoms with E-state index >= 15 is 0 Å². The first-order valence-electron chi connectivity index (χ1n) is 8.27. The molecule has 26 heavy (non-hydrogen) atoms. The summed E-state index contributed by atoms with van der Waals surface area (Å²) in [6.07, 6.45) is 1.47. The minimum atomic E-state index is -3.43. The summed E-state index contributed by atoms with van der Waals surface area (Å²) < 4.78 is 33.0. The van der Waals surface area contributed by atoms with Gasteiger partial charge in [-0.3, -0.25) is 0 Å². The molecule has 0 spiro atoms. The van der Waals surface area contributed by atoms with Crippen LogP contribution in [0.15, 0.2) is 53.9 Å². The Kier molecular flexibility index (Phi) is 4.52. The maximum absolute atomic E-state index is 12.4. The molecular weight excluding hydrogens is 368 g/mol. The smallest absolute Gasteiger partial charge is 0.274 e. The molecule has 0 unspecified atom stereocenters. The van der Waals surface area contributed by atoms with Crippen LogP contribution in [0.2, 0.25) is 0 Å². The maximum Gasteiger partial charge on any atom is 0.274 e. The Labute approximate surface area is 156 Å². The van der Waals surface area contributed by atoms with Gasteiger partial charge in [0.2, 0.25) is 10.0 Å². The van der Waals surface area contributed by atoms with Crippen LogP contribution in [0, 0.1) is 6.92 Å². The number of benzene rings is 2. The lowest BCUT2D eigenvalue weighted by molar-refractivity contribution is 0.0771. The van der Waals surface area contributed by atoms with E-state index in [0.717, 1.165) is 21.3 Å². The number of ether oxygens (including phenoxy) is 1. The summed E-state index contributed by atoms with van der Waals surface area (Å²) >= 11 is 1.48. The van der Waals surface area contributed by atoms with Crippen LogP contribution >= 0.6 is 11.3 Å². The molecule has 4 rings (SSSR count). The summed E-state index contributed by atoms with van der Waals surface area (Å²) in [6, 6.07) is 15.5. The van der Waals surface area contributed by atoms with Gasteiger partial charge in [-0.1, -0.05) is 53.3 Å². The van der Waals surface area contributed by atoms with Gasteiger partial charge in [0.05, 0.1) is 23.3 Å². The van der Waals surface area contributed by atoms with Crippen molar-refractivity contribution in [2.75, 3.05) is 13.1 Å². The first-order valence-corrected chi connectivity index (χ1v) is 10.6. The molecular formula is C19H18N2O3S2. The predicted octanol–water partition coefficient (Wildman–Crippen LogP) is 3.67. The Bertz CT molecular complexity index is 1020. The number of fused-ring (bicyclic) bond motifs is 1. The van der Waals surface area contributed by atoms with E-state index in [2.05, 4.69) is 4.98 Å². The third-order valence-corrected chi connectivity index (χ3v) is 6.65. The first kappa shape index (κ1) is 17.2. The third-order valence-electron chi connectivity index (χ3n) is 4.23. The van der Waals surface area contributed by atoms with Gasteiger partial charge in [-0.15, -0.1) is 0 Å². The van der Waals surface area contributed by atoms with E-state index in [1.54, 1.807) is 6.08 Å². The van der Waals surface area contributed by atoms with Crippen LogP contribution in [0.4, 0.5) is 0 Å². The number of hydrogen-bond donors (Lipinski definition) is 0. The summed E-state index contributed by atoms with van der Waals surface area (Å²) in [5.41, 5.74) is 2.90. The Morgan fingerprint density at radius 3 is 2.62 bits per heavy atom. The molecule has 0 N–H and O–H groups in total. The fourth-order valence-corrected chi connectivity index (χ4v) is 4.79. The third kappa shape index (κ3) is 3.65. The molecule has 1 aliphatic heterocycles.